The summed E-state index contributed by atoms with van der Waals surface area (Å²) < 4.78 is 37.7. The van der Waals surface area contributed by atoms with Crippen LogP contribution in [0, 0.1) is 0 Å². The Morgan fingerprint density at radius 2 is 1.12 bits per heavy atom. The van der Waals surface area contributed by atoms with Crippen molar-refractivity contribution in [2.24, 2.45) is 0 Å². The van der Waals surface area contributed by atoms with Gasteiger partial charge in [0.1, 0.15) is 12.2 Å². The predicted octanol–water partition coefficient (Wildman–Crippen LogP) is 1.86. The number of hydrogen-bond donors (Lipinski definition) is 1. The van der Waals surface area contributed by atoms with E-state index in [-0.39, 0.29) is 54.4 Å². The van der Waals surface area contributed by atoms with E-state index in [1.807, 2.05) is 0 Å². The van der Waals surface area contributed by atoms with Gasteiger partial charge in [0, 0.05) is 0 Å². The second-order valence-electron chi connectivity index (χ2n) is 8.38. The van der Waals surface area contributed by atoms with Gasteiger partial charge in [-0.05, 0) is 32.1 Å². The van der Waals surface area contributed by atoms with Crippen molar-refractivity contribution in [2.75, 3.05) is 0 Å². The molecular weight excluding hydrogens is 340 g/mol. The number of ether oxygens (including phenoxy) is 4. The molecule has 2 heterocycles. The summed E-state index contributed by atoms with van der Waals surface area (Å²) >= 11 is 0. The van der Waals surface area contributed by atoms with Crippen molar-refractivity contribution >= 4 is 8.93 Å². The second-order valence-corrected chi connectivity index (χ2v) is 9.80. The zero-order valence-electron chi connectivity index (χ0n) is 14.5. The molecule has 6 nitrogen and oxygen atoms in total. The van der Waals surface area contributed by atoms with Crippen molar-refractivity contribution in [3.63, 3.8) is 0 Å². The topological polar surface area (TPSA) is 74.2 Å². The van der Waals surface area contributed by atoms with E-state index in [9.17, 15) is 9.26 Å². The third-order valence-corrected chi connectivity index (χ3v) is 8.04. The number of hydrogen-bond acceptors (Lipinski definition) is 5. The lowest BCUT2D eigenvalue weighted by Gasteiger charge is -2.55. The lowest BCUT2D eigenvalue weighted by Crippen LogP contribution is -2.66. The van der Waals surface area contributed by atoms with Gasteiger partial charge in [0.25, 0.3) is 0 Å². The van der Waals surface area contributed by atoms with Crippen LogP contribution in [0.3, 0.4) is 0 Å². The Hall–Kier alpha value is -0.343. The Labute approximate surface area is 149 Å². The van der Waals surface area contributed by atoms with Crippen LogP contribution in [0.2, 0.25) is 5.54 Å². The molecule has 0 amide bonds. The standard InChI is InChI=1S/C18H28O6Si/c19-25(20)15-9-14-16(22-11-6-2-1-5-10(11)21-14)18-17(15)23-12-7-3-4-8-13(12)24-18/h10-19H,1-9H2. The zero-order chi connectivity index (χ0) is 17.0. The maximum Gasteiger partial charge on any atom is 0.506 e. The van der Waals surface area contributed by atoms with E-state index in [2.05, 4.69) is 0 Å². The van der Waals surface area contributed by atoms with Gasteiger partial charge in [0.05, 0.1) is 42.2 Å². The molecule has 1 N–H and O–H groups in total. The van der Waals surface area contributed by atoms with Crippen molar-refractivity contribution in [1.29, 1.82) is 0 Å². The van der Waals surface area contributed by atoms with Crippen LogP contribution in [-0.2, 0) is 23.4 Å². The van der Waals surface area contributed by atoms with E-state index in [1.54, 1.807) is 0 Å². The van der Waals surface area contributed by atoms with Crippen LogP contribution in [0.25, 0.3) is 0 Å². The molecule has 0 aromatic carbocycles. The molecule has 5 aliphatic rings. The van der Waals surface area contributed by atoms with Crippen molar-refractivity contribution in [3.8, 4) is 0 Å². The molecule has 0 aromatic heterocycles. The van der Waals surface area contributed by atoms with Crippen molar-refractivity contribution in [2.45, 2.75) is 112 Å². The van der Waals surface area contributed by atoms with Gasteiger partial charge in [0.15, 0.2) is 0 Å². The second kappa shape index (κ2) is 6.67. The van der Waals surface area contributed by atoms with Gasteiger partial charge in [-0.1, -0.05) is 25.7 Å². The van der Waals surface area contributed by atoms with E-state index in [1.165, 1.54) is 12.8 Å². The Bertz CT molecular complexity index is 530. The fourth-order valence-electron chi connectivity index (χ4n) is 5.59. The quantitative estimate of drug-likeness (QED) is 0.712. The molecule has 5 rings (SSSR count). The highest BCUT2D eigenvalue weighted by Gasteiger charge is 2.58. The van der Waals surface area contributed by atoms with Gasteiger partial charge >= 0.3 is 8.93 Å². The molecule has 0 spiro atoms. The van der Waals surface area contributed by atoms with Gasteiger partial charge in [-0.15, -0.1) is 0 Å². The summed E-state index contributed by atoms with van der Waals surface area (Å²) in [5.74, 6) is 0. The minimum absolute atomic E-state index is 0.0716. The summed E-state index contributed by atoms with van der Waals surface area (Å²) in [6, 6.07) is 0. The van der Waals surface area contributed by atoms with Gasteiger partial charge < -0.3 is 28.2 Å². The van der Waals surface area contributed by atoms with Crippen LogP contribution in [0.1, 0.15) is 57.8 Å². The Kier molecular flexibility index (Phi) is 4.49. The normalized spacial score (nSPS) is 52.2. The zero-order valence-corrected chi connectivity index (χ0v) is 15.5. The molecule has 7 heteroatoms. The summed E-state index contributed by atoms with van der Waals surface area (Å²) in [5, 5.41) is 0. The summed E-state index contributed by atoms with van der Waals surface area (Å²) in [7, 11) is -2.71. The minimum Gasteiger partial charge on any atom is -0.539 e. The Morgan fingerprint density at radius 1 is 0.640 bits per heavy atom. The average Bonchev–Trinajstić information content (AvgIpc) is 2.64. The Morgan fingerprint density at radius 3 is 1.68 bits per heavy atom. The highest BCUT2D eigenvalue weighted by Crippen LogP contribution is 2.46. The third kappa shape index (κ3) is 2.92. The van der Waals surface area contributed by atoms with Gasteiger partial charge in [-0.2, -0.15) is 0 Å². The van der Waals surface area contributed by atoms with E-state index >= 15 is 0 Å². The summed E-state index contributed by atoms with van der Waals surface area (Å²) in [5.41, 5.74) is -0.386. The molecule has 0 bridgehead atoms. The van der Waals surface area contributed by atoms with E-state index in [0.29, 0.717) is 6.42 Å². The molecule has 0 radical (unpaired) electrons. The van der Waals surface area contributed by atoms with Crippen LogP contribution in [0.15, 0.2) is 0 Å². The first-order valence-corrected chi connectivity index (χ1v) is 11.5. The van der Waals surface area contributed by atoms with Gasteiger partial charge in [-0.3, -0.25) is 0 Å². The van der Waals surface area contributed by atoms with Crippen molar-refractivity contribution in [1.82, 2.24) is 0 Å². The molecule has 25 heavy (non-hydrogen) atoms. The monoisotopic (exact) mass is 368 g/mol. The largest absolute Gasteiger partial charge is 0.539 e. The first-order chi connectivity index (χ1) is 12.2. The molecule has 3 saturated carbocycles. The van der Waals surface area contributed by atoms with E-state index in [0.717, 1.165) is 38.5 Å². The smallest absolute Gasteiger partial charge is 0.506 e. The highest BCUT2D eigenvalue weighted by atomic mass is 28.3. The summed E-state index contributed by atoms with van der Waals surface area (Å²) in [4.78, 5) is 9.95. The lowest BCUT2D eigenvalue weighted by atomic mass is 9.82. The molecule has 9 atom stereocenters. The fraction of sp³-hybridized carbons (Fsp3) is 1.00. The molecule has 5 fully saturated rings. The maximum absolute atomic E-state index is 12.1. The fourth-order valence-corrected chi connectivity index (χ4v) is 6.57. The number of rotatable bonds is 1. The van der Waals surface area contributed by atoms with Crippen LogP contribution >= 0.6 is 0 Å². The van der Waals surface area contributed by atoms with Crippen LogP contribution < -0.4 is 0 Å². The minimum atomic E-state index is -2.71. The molecular formula is C18H28O6Si. The van der Waals surface area contributed by atoms with Gasteiger partial charge in [-0.25, -0.2) is 0 Å². The average molecular weight is 369 g/mol. The van der Waals surface area contributed by atoms with Crippen LogP contribution in [0.5, 0.6) is 0 Å². The molecule has 2 saturated heterocycles. The van der Waals surface area contributed by atoms with Gasteiger partial charge in [0.2, 0.25) is 0 Å². The lowest BCUT2D eigenvalue weighted by molar-refractivity contribution is -0.325. The molecule has 2 aliphatic heterocycles. The summed E-state index contributed by atoms with van der Waals surface area (Å²) in [6.07, 6.45) is 8.84. The molecule has 0 aromatic rings. The van der Waals surface area contributed by atoms with Crippen molar-refractivity contribution in [3.05, 3.63) is 0 Å². The first kappa shape index (κ1) is 16.8. The Balaban J connectivity index is 1.41. The van der Waals surface area contributed by atoms with E-state index < -0.39 is 8.93 Å². The maximum atomic E-state index is 12.1. The summed E-state index contributed by atoms with van der Waals surface area (Å²) in [6.45, 7) is 0. The predicted molar refractivity (Wildman–Crippen MR) is 88.6 cm³/mol. The number of fused-ring (bicyclic) bond motifs is 5. The van der Waals surface area contributed by atoms with E-state index in [4.69, 9.17) is 18.9 Å². The van der Waals surface area contributed by atoms with Crippen molar-refractivity contribution < 1.29 is 28.2 Å². The highest BCUT2D eigenvalue weighted by molar-refractivity contribution is 6.35. The third-order valence-electron chi connectivity index (χ3n) is 6.84. The SMILES string of the molecule is O=[Si](O)C1CC2OC3CCCCC3OC2C2OC3CCCCC3OC21. The van der Waals surface area contributed by atoms with Crippen LogP contribution in [-0.4, -0.2) is 62.6 Å². The molecule has 3 aliphatic carbocycles. The van der Waals surface area contributed by atoms with Crippen LogP contribution in [0.4, 0.5) is 0 Å². The molecule has 140 valence electrons. The first-order valence-electron chi connectivity index (χ1n) is 10.1. The molecule has 9 unspecified atom stereocenters.